The monoisotopic (exact) mass is 648 g/mol. The zero-order chi connectivity index (χ0) is 32.8. The molecule has 46 heavy (non-hydrogen) atoms. The molecule has 1 aliphatic heterocycles. The first kappa shape index (κ1) is 32.1. The molecule has 1 saturated carbocycles. The van der Waals surface area contributed by atoms with Gasteiger partial charge in [-0.25, -0.2) is 9.67 Å². The van der Waals surface area contributed by atoms with Crippen molar-refractivity contribution in [3.05, 3.63) is 30.4 Å². The summed E-state index contributed by atoms with van der Waals surface area (Å²) in [6.07, 6.45) is 8.26. The summed E-state index contributed by atoms with van der Waals surface area (Å²) < 4.78 is 27.3. The van der Waals surface area contributed by atoms with Crippen molar-refractivity contribution in [3.63, 3.8) is 0 Å². The Morgan fingerprint density at radius 1 is 1.00 bits per heavy atom. The molecule has 1 aromatic carbocycles. The Morgan fingerprint density at radius 2 is 1.72 bits per heavy atom. The van der Waals surface area contributed by atoms with Crippen LogP contribution < -0.4 is 24.4 Å². The lowest BCUT2D eigenvalue weighted by atomic mass is 10.2. The van der Waals surface area contributed by atoms with Crippen LogP contribution in [0.25, 0.3) is 16.7 Å². The first-order valence-electron chi connectivity index (χ1n) is 16.2. The quantitative estimate of drug-likeness (QED) is 0.171. The Balaban J connectivity index is 1.34. The molecule has 1 atom stereocenters. The van der Waals surface area contributed by atoms with Crippen molar-refractivity contribution in [3.8, 4) is 22.9 Å². The summed E-state index contributed by atoms with van der Waals surface area (Å²) in [7, 11) is 2.90. The van der Waals surface area contributed by atoms with Gasteiger partial charge in [-0.05, 0) is 56.7 Å². The molecule has 12 nitrogen and oxygen atoms in total. The van der Waals surface area contributed by atoms with Crippen molar-refractivity contribution >= 4 is 36.9 Å². The van der Waals surface area contributed by atoms with Crippen molar-refractivity contribution in [2.45, 2.75) is 84.1 Å². The normalized spacial score (nSPS) is 17.2. The maximum atomic E-state index is 6.74. The van der Waals surface area contributed by atoms with E-state index >= 15 is 0 Å². The van der Waals surface area contributed by atoms with Gasteiger partial charge in [-0.15, -0.1) is 0 Å². The molecule has 1 N–H and O–H groups in total. The molecule has 4 aromatic rings. The van der Waals surface area contributed by atoms with Gasteiger partial charge in [0.2, 0.25) is 11.7 Å². The highest BCUT2D eigenvalue weighted by Gasteiger charge is 2.39. The van der Waals surface area contributed by atoms with Gasteiger partial charge < -0.3 is 33.4 Å². The summed E-state index contributed by atoms with van der Waals surface area (Å²) in [5.74, 6) is 4.34. The summed E-state index contributed by atoms with van der Waals surface area (Å²) in [6, 6.07) is 4.00. The van der Waals surface area contributed by atoms with Crippen LogP contribution in [0.15, 0.2) is 24.7 Å². The van der Waals surface area contributed by atoms with E-state index in [0.29, 0.717) is 41.5 Å². The molecule has 4 heterocycles. The van der Waals surface area contributed by atoms with E-state index in [0.717, 1.165) is 54.2 Å². The van der Waals surface area contributed by atoms with Gasteiger partial charge in [-0.3, -0.25) is 0 Å². The maximum Gasteiger partial charge on any atom is 0.232 e. The van der Waals surface area contributed by atoms with Gasteiger partial charge in [0, 0.05) is 25.2 Å². The van der Waals surface area contributed by atoms with Crippen molar-refractivity contribution in [1.82, 2.24) is 29.3 Å². The molecule has 13 heteroatoms. The molecule has 0 radical (unpaired) electrons. The summed E-state index contributed by atoms with van der Waals surface area (Å²) >= 11 is 0. The summed E-state index contributed by atoms with van der Waals surface area (Å²) in [5, 5.41) is 9.53. The lowest BCUT2D eigenvalue weighted by Crippen LogP contribution is -2.45. The minimum absolute atomic E-state index is 0.154. The maximum absolute atomic E-state index is 6.74. The third-order valence-electron chi connectivity index (χ3n) is 9.74. The van der Waals surface area contributed by atoms with Crippen LogP contribution in [0.1, 0.15) is 52.1 Å². The van der Waals surface area contributed by atoms with Crippen molar-refractivity contribution in [2.75, 3.05) is 44.7 Å². The van der Waals surface area contributed by atoms with Crippen LogP contribution in [0, 0.1) is 12.8 Å². The average Bonchev–Trinajstić information content (AvgIpc) is 3.37. The highest BCUT2D eigenvalue weighted by atomic mass is 28.4. The summed E-state index contributed by atoms with van der Waals surface area (Å²) in [4.78, 5) is 17.2. The second kappa shape index (κ2) is 12.4. The van der Waals surface area contributed by atoms with E-state index in [1.165, 1.54) is 12.8 Å². The Labute approximate surface area is 272 Å². The van der Waals surface area contributed by atoms with Gasteiger partial charge in [0.25, 0.3) is 0 Å². The molecule has 248 valence electrons. The number of aryl methyl sites for hydroxylation is 1. The lowest BCUT2D eigenvalue weighted by Gasteiger charge is -2.38. The number of benzene rings is 1. The van der Waals surface area contributed by atoms with Crippen LogP contribution in [0.2, 0.25) is 18.1 Å². The Morgan fingerprint density at radius 3 is 2.35 bits per heavy atom. The standard InChI is InChI=1S/C33H48N8O4Si/c1-21-28-30(40-14-10-11-23(40)19-45-46(8,9)33(2,3)4)36-32(37-31(28)41(38-21)17-22-12-13-22)35-27-18-39(20-34-27)24-15-25(42-5)29(44-7)26(16-24)43-6/h15-16,18,20,22-23H,10-14,17,19H2,1-9H3,(H,35,36,37). The van der Waals surface area contributed by atoms with E-state index in [9.17, 15) is 0 Å². The molecule has 0 amide bonds. The molecule has 1 unspecified atom stereocenters. The van der Waals surface area contributed by atoms with Gasteiger partial charge in [-0.1, -0.05) is 20.8 Å². The first-order valence-corrected chi connectivity index (χ1v) is 19.1. The molecule has 1 saturated heterocycles. The second-order valence-electron chi connectivity index (χ2n) is 14.0. The number of rotatable bonds is 12. The van der Waals surface area contributed by atoms with Crippen LogP contribution in [-0.2, 0) is 11.0 Å². The minimum Gasteiger partial charge on any atom is -0.493 e. The van der Waals surface area contributed by atoms with E-state index in [1.807, 2.05) is 22.9 Å². The number of aromatic nitrogens is 6. The fraction of sp³-hybridized carbons (Fsp3) is 0.576. The third-order valence-corrected chi connectivity index (χ3v) is 14.2. The summed E-state index contributed by atoms with van der Waals surface area (Å²) in [5.41, 5.74) is 2.63. The number of nitrogens with zero attached hydrogens (tertiary/aromatic N) is 7. The summed E-state index contributed by atoms with van der Waals surface area (Å²) in [6.45, 7) is 16.1. The molecule has 0 spiro atoms. The zero-order valence-electron chi connectivity index (χ0n) is 28.7. The SMILES string of the molecule is COc1cc(-n2cnc(Nc3nc(N4CCCC4CO[Si](C)(C)C(C)(C)C)c4c(C)nn(CC5CC5)c4n3)c2)cc(OC)c1OC. The molecule has 6 rings (SSSR count). The first-order chi connectivity index (χ1) is 21.9. The van der Waals surface area contributed by atoms with Gasteiger partial charge in [0.1, 0.15) is 12.1 Å². The fourth-order valence-corrected chi connectivity index (χ4v) is 6.87. The largest absolute Gasteiger partial charge is 0.493 e. The third kappa shape index (κ3) is 6.26. The van der Waals surface area contributed by atoms with E-state index < -0.39 is 8.32 Å². The van der Waals surface area contributed by atoms with Crippen LogP contribution in [0.4, 0.5) is 17.6 Å². The van der Waals surface area contributed by atoms with E-state index in [1.54, 1.807) is 27.7 Å². The highest BCUT2D eigenvalue weighted by molar-refractivity contribution is 6.74. The molecule has 3 aromatic heterocycles. The molecule has 0 bridgehead atoms. The average molecular weight is 649 g/mol. The number of hydrogen-bond donors (Lipinski definition) is 1. The number of methoxy groups -OCH3 is 3. The molecule has 2 fully saturated rings. The van der Waals surface area contributed by atoms with Crippen LogP contribution in [-0.4, -0.2) is 78.1 Å². The number of anilines is 3. The number of fused-ring (bicyclic) bond motifs is 1. The van der Waals surface area contributed by atoms with E-state index in [2.05, 4.69) is 60.7 Å². The molecular weight excluding hydrogens is 601 g/mol. The topological polar surface area (TPSA) is 114 Å². The fourth-order valence-electron chi connectivity index (χ4n) is 5.83. The smallest absolute Gasteiger partial charge is 0.232 e. The predicted octanol–water partition coefficient (Wildman–Crippen LogP) is 6.49. The van der Waals surface area contributed by atoms with Gasteiger partial charge in [0.15, 0.2) is 31.3 Å². The van der Waals surface area contributed by atoms with Gasteiger partial charge in [-0.2, -0.15) is 15.1 Å². The minimum atomic E-state index is -1.90. The highest BCUT2D eigenvalue weighted by Crippen LogP contribution is 2.41. The Bertz CT molecular complexity index is 1680. The van der Waals surface area contributed by atoms with Gasteiger partial charge in [0.05, 0.1) is 56.9 Å². The van der Waals surface area contributed by atoms with Crippen molar-refractivity contribution in [1.29, 1.82) is 0 Å². The Hall–Kier alpha value is -3.84. The number of ether oxygens (including phenoxy) is 3. The van der Waals surface area contributed by atoms with E-state index in [4.69, 9.17) is 33.7 Å². The predicted molar refractivity (Wildman–Crippen MR) is 183 cm³/mol. The lowest BCUT2D eigenvalue weighted by molar-refractivity contribution is 0.263. The Kier molecular flexibility index (Phi) is 8.66. The molecule has 2 aliphatic rings. The number of nitrogens with one attached hydrogen (secondary N) is 1. The molecular formula is C33H48N8O4Si. The number of hydrogen-bond acceptors (Lipinski definition) is 10. The van der Waals surface area contributed by atoms with Crippen molar-refractivity contribution < 1.29 is 18.6 Å². The number of imidazole rings is 1. The van der Waals surface area contributed by atoms with Crippen molar-refractivity contribution in [2.24, 2.45) is 5.92 Å². The van der Waals surface area contributed by atoms with Crippen LogP contribution in [0.5, 0.6) is 17.2 Å². The van der Waals surface area contributed by atoms with Crippen LogP contribution in [0.3, 0.4) is 0 Å². The molecule has 1 aliphatic carbocycles. The second-order valence-corrected chi connectivity index (χ2v) is 18.8. The zero-order valence-corrected chi connectivity index (χ0v) is 29.7. The van der Waals surface area contributed by atoms with Crippen LogP contribution >= 0.6 is 0 Å². The van der Waals surface area contributed by atoms with E-state index in [-0.39, 0.29) is 11.1 Å². The van der Waals surface area contributed by atoms with Gasteiger partial charge >= 0.3 is 0 Å².